The molecule has 2 aromatic rings. The lowest BCUT2D eigenvalue weighted by molar-refractivity contribution is 0.0681. The van der Waals surface area contributed by atoms with Gasteiger partial charge in [-0.1, -0.05) is 30.3 Å². The number of rotatable bonds is 3. The average Bonchev–Trinajstić information content (AvgIpc) is 2.63. The van der Waals surface area contributed by atoms with Crippen LogP contribution in [0, 0.1) is 0 Å². The number of hydrogen-bond donors (Lipinski definition) is 0. The summed E-state index contributed by atoms with van der Waals surface area (Å²) in [6.45, 7) is 0. The fraction of sp³-hybridized carbons (Fsp3) is 0.421. The van der Waals surface area contributed by atoms with Gasteiger partial charge in [0.25, 0.3) is 11.5 Å². The van der Waals surface area contributed by atoms with Crippen molar-refractivity contribution >= 4 is 5.91 Å². The minimum Gasteiger partial charge on any atom is -0.337 e. The maximum absolute atomic E-state index is 12.6. The highest BCUT2D eigenvalue weighted by atomic mass is 16.2. The zero-order valence-corrected chi connectivity index (χ0v) is 14.2. The molecule has 0 spiro atoms. The predicted molar refractivity (Wildman–Crippen MR) is 93.0 cm³/mol. The van der Waals surface area contributed by atoms with Crippen LogP contribution in [0.15, 0.2) is 47.3 Å². The maximum Gasteiger partial charge on any atom is 0.274 e. The van der Waals surface area contributed by atoms with Crippen LogP contribution >= 0.6 is 0 Å². The monoisotopic (exact) mass is 325 g/mol. The standard InChI is InChI=1S/C19H23N3O2/c1-21(19(24)17-12-13-18(23)22(2)20-17)16-10-8-15(9-11-16)14-6-4-3-5-7-14/h3-7,12-13,15-16H,8-11H2,1-2H3. The van der Waals surface area contributed by atoms with E-state index >= 15 is 0 Å². The van der Waals surface area contributed by atoms with E-state index in [9.17, 15) is 9.59 Å². The molecule has 3 rings (SSSR count). The Labute approximate surface area is 141 Å². The van der Waals surface area contributed by atoms with Gasteiger partial charge in [0.15, 0.2) is 0 Å². The van der Waals surface area contributed by atoms with E-state index in [1.54, 1.807) is 11.9 Å². The summed E-state index contributed by atoms with van der Waals surface area (Å²) in [6, 6.07) is 13.7. The lowest BCUT2D eigenvalue weighted by Gasteiger charge is -2.34. The molecule has 0 atom stereocenters. The number of amides is 1. The zero-order valence-electron chi connectivity index (χ0n) is 14.2. The molecule has 0 N–H and O–H groups in total. The third kappa shape index (κ3) is 3.40. The lowest BCUT2D eigenvalue weighted by Crippen LogP contribution is -2.40. The van der Waals surface area contributed by atoms with Gasteiger partial charge in [-0.15, -0.1) is 0 Å². The van der Waals surface area contributed by atoms with Crippen LogP contribution in [0.3, 0.4) is 0 Å². The molecule has 1 heterocycles. The van der Waals surface area contributed by atoms with E-state index in [0.717, 1.165) is 25.7 Å². The first-order valence-electron chi connectivity index (χ1n) is 8.42. The molecule has 1 fully saturated rings. The van der Waals surface area contributed by atoms with Crippen LogP contribution in [0.25, 0.3) is 0 Å². The van der Waals surface area contributed by atoms with Crippen molar-refractivity contribution in [2.24, 2.45) is 7.05 Å². The van der Waals surface area contributed by atoms with Crippen molar-refractivity contribution in [3.8, 4) is 0 Å². The molecule has 126 valence electrons. The van der Waals surface area contributed by atoms with E-state index < -0.39 is 0 Å². The largest absolute Gasteiger partial charge is 0.337 e. The van der Waals surface area contributed by atoms with Gasteiger partial charge in [-0.25, -0.2) is 4.68 Å². The second-order valence-corrected chi connectivity index (χ2v) is 6.51. The number of aromatic nitrogens is 2. The number of benzene rings is 1. The number of nitrogens with zero attached hydrogens (tertiary/aromatic N) is 3. The Hall–Kier alpha value is -2.43. The van der Waals surface area contributed by atoms with Gasteiger partial charge in [-0.05, 0) is 43.2 Å². The van der Waals surface area contributed by atoms with Gasteiger partial charge < -0.3 is 4.90 Å². The number of carbonyl (C=O) groups is 1. The van der Waals surface area contributed by atoms with Gasteiger partial charge in [0.2, 0.25) is 0 Å². The SMILES string of the molecule is CN(C(=O)c1ccc(=O)n(C)n1)C1CCC(c2ccccc2)CC1. The Bertz CT molecular complexity index is 762. The van der Waals surface area contributed by atoms with Crippen LogP contribution in [0.2, 0.25) is 0 Å². The van der Waals surface area contributed by atoms with Crippen molar-refractivity contribution in [2.45, 2.75) is 37.6 Å². The molecular weight excluding hydrogens is 302 g/mol. The Kier molecular flexibility index (Phi) is 4.79. The molecule has 5 nitrogen and oxygen atoms in total. The molecule has 1 aromatic carbocycles. The Morgan fingerprint density at radius 2 is 1.75 bits per heavy atom. The summed E-state index contributed by atoms with van der Waals surface area (Å²) < 4.78 is 1.20. The van der Waals surface area contributed by atoms with Gasteiger partial charge in [-0.2, -0.15) is 5.10 Å². The summed E-state index contributed by atoms with van der Waals surface area (Å²) in [5.41, 5.74) is 1.51. The fourth-order valence-electron chi connectivity index (χ4n) is 3.48. The van der Waals surface area contributed by atoms with Crippen LogP contribution in [-0.2, 0) is 7.05 Å². The molecule has 1 aliphatic rings. The average molecular weight is 325 g/mol. The van der Waals surface area contributed by atoms with Gasteiger partial charge in [0.1, 0.15) is 5.69 Å². The number of carbonyl (C=O) groups excluding carboxylic acids is 1. The van der Waals surface area contributed by atoms with Crippen LogP contribution in [0.1, 0.15) is 47.7 Å². The molecule has 0 unspecified atom stereocenters. The summed E-state index contributed by atoms with van der Waals surface area (Å²) in [6.07, 6.45) is 4.17. The van der Waals surface area contributed by atoms with E-state index in [-0.39, 0.29) is 17.5 Å². The fourth-order valence-corrected chi connectivity index (χ4v) is 3.48. The van der Waals surface area contributed by atoms with Crippen molar-refractivity contribution in [1.82, 2.24) is 14.7 Å². The molecular formula is C19H23N3O2. The van der Waals surface area contributed by atoms with Crippen molar-refractivity contribution in [1.29, 1.82) is 0 Å². The molecule has 0 radical (unpaired) electrons. The summed E-state index contributed by atoms with van der Waals surface area (Å²) in [4.78, 5) is 25.8. The van der Waals surface area contributed by atoms with Crippen LogP contribution < -0.4 is 5.56 Å². The van der Waals surface area contributed by atoms with Crippen molar-refractivity contribution in [2.75, 3.05) is 7.05 Å². The Morgan fingerprint density at radius 1 is 1.08 bits per heavy atom. The minimum atomic E-state index is -0.211. The quantitative estimate of drug-likeness (QED) is 0.871. The van der Waals surface area contributed by atoms with E-state index in [4.69, 9.17) is 0 Å². The van der Waals surface area contributed by atoms with Gasteiger partial charge in [0.05, 0.1) is 0 Å². The predicted octanol–water partition coefficient (Wildman–Crippen LogP) is 2.58. The van der Waals surface area contributed by atoms with Crippen molar-refractivity contribution in [3.05, 3.63) is 64.1 Å². The van der Waals surface area contributed by atoms with Crippen LogP contribution in [0.4, 0.5) is 0 Å². The normalized spacial score (nSPS) is 20.6. The summed E-state index contributed by atoms with van der Waals surface area (Å²) in [5, 5.41) is 4.06. The molecule has 1 amide bonds. The summed E-state index contributed by atoms with van der Waals surface area (Å²) in [7, 11) is 3.40. The molecule has 1 aliphatic carbocycles. The molecule has 1 saturated carbocycles. The first-order valence-corrected chi connectivity index (χ1v) is 8.42. The molecule has 5 heteroatoms. The van der Waals surface area contributed by atoms with E-state index in [2.05, 4.69) is 29.4 Å². The lowest BCUT2D eigenvalue weighted by atomic mass is 9.81. The Balaban J connectivity index is 1.64. The molecule has 0 saturated heterocycles. The summed E-state index contributed by atoms with van der Waals surface area (Å²) >= 11 is 0. The number of hydrogen-bond acceptors (Lipinski definition) is 3. The molecule has 0 aliphatic heterocycles. The van der Waals surface area contributed by atoms with Crippen LogP contribution in [0.5, 0.6) is 0 Å². The molecule has 1 aromatic heterocycles. The highest BCUT2D eigenvalue weighted by Gasteiger charge is 2.28. The van der Waals surface area contributed by atoms with Crippen LogP contribution in [-0.4, -0.2) is 33.7 Å². The van der Waals surface area contributed by atoms with Crippen molar-refractivity contribution in [3.63, 3.8) is 0 Å². The van der Waals surface area contributed by atoms with Gasteiger partial charge >= 0.3 is 0 Å². The first kappa shape index (κ1) is 16.4. The summed E-state index contributed by atoms with van der Waals surface area (Å²) in [5.74, 6) is 0.468. The zero-order chi connectivity index (χ0) is 17.1. The number of aryl methyl sites for hydroxylation is 1. The van der Waals surface area contributed by atoms with Crippen molar-refractivity contribution < 1.29 is 4.79 Å². The highest BCUT2D eigenvalue weighted by molar-refractivity contribution is 5.92. The third-order valence-electron chi connectivity index (χ3n) is 5.02. The van der Waals surface area contributed by atoms with E-state index in [1.165, 1.54) is 22.4 Å². The van der Waals surface area contributed by atoms with E-state index in [1.807, 2.05) is 13.1 Å². The second-order valence-electron chi connectivity index (χ2n) is 6.51. The third-order valence-corrected chi connectivity index (χ3v) is 5.02. The molecule has 0 bridgehead atoms. The highest BCUT2D eigenvalue weighted by Crippen LogP contribution is 2.34. The Morgan fingerprint density at radius 3 is 2.38 bits per heavy atom. The maximum atomic E-state index is 12.6. The second kappa shape index (κ2) is 6.99. The van der Waals surface area contributed by atoms with E-state index in [0.29, 0.717) is 11.6 Å². The van der Waals surface area contributed by atoms with Gasteiger partial charge in [-0.3, -0.25) is 9.59 Å². The topological polar surface area (TPSA) is 55.2 Å². The molecule has 24 heavy (non-hydrogen) atoms. The van der Waals surface area contributed by atoms with Gasteiger partial charge in [0, 0.05) is 26.2 Å². The smallest absolute Gasteiger partial charge is 0.274 e. The minimum absolute atomic E-state index is 0.117. The first-order chi connectivity index (χ1) is 11.6.